The number of aromatic amines is 1. The molecule has 4 nitrogen and oxygen atoms in total. The van der Waals surface area contributed by atoms with E-state index in [9.17, 15) is 4.79 Å². The van der Waals surface area contributed by atoms with Gasteiger partial charge in [-0.3, -0.25) is 4.79 Å². The van der Waals surface area contributed by atoms with Gasteiger partial charge >= 0.3 is 0 Å². The third-order valence-corrected chi connectivity index (χ3v) is 3.62. The van der Waals surface area contributed by atoms with Gasteiger partial charge in [-0.2, -0.15) is 0 Å². The van der Waals surface area contributed by atoms with Crippen LogP contribution in [0.1, 0.15) is 15.9 Å². The van der Waals surface area contributed by atoms with E-state index in [1.165, 1.54) is 7.11 Å². The number of H-pyrrole nitrogens is 1. The number of carbonyl (C=O) groups excluding carboxylic acids is 1. The maximum absolute atomic E-state index is 12.6. The molecule has 1 heterocycles. The number of rotatable bonds is 3. The van der Waals surface area contributed by atoms with Crippen LogP contribution < -0.4 is 10.5 Å². The van der Waals surface area contributed by atoms with E-state index in [0.717, 1.165) is 10.9 Å². The Bertz CT molecular complexity index is 839. The number of carbonyl (C=O) groups is 1. The van der Waals surface area contributed by atoms with Gasteiger partial charge in [-0.15, -0.1) is 0 Å². The molecule has 5 heteroatoms. The van der Waals surface area contributed by atoms with Crippen LogP contribution in [0.3, 0.4) is 0 Å². The number of ketones is 1. The number of halogens is 1. The number of nitrogen functional groups attached to an aromatic ring is 1. The number of hydrogen-bond donors (Lipinski definition) is 2. The molecule has 0 spiro atoms. The van der Waals surface area contributed by atoms with Gasteiger partial charge < -0.3 is 15.5 Å². The molecule has 0 saturated heterocycles. The van der Waals surface area contributed by atoms with Gasteiger partial charge in [0, 0.05) is 33.2 Å². The zero-order valence-corrected chi connectivity index (χ0v) is 12.1. The number of methoxy groups -OCH3 is 1. The molecular weight excluding hydrogens is 288 g/mol. The topological polar surface area (TPSA) is 68.1 Å². The number of nitrogens with one attached hydrogen (secondary N) is 1. The summed E-state index contributed by atoms with van der Waals surface area (Å²) in [6.45, 7) is 0. The summed E-state index contributed by atoms with van der Waals surface area (Å²) in [5, 5.41) is 1.38. The van der Waals surface area contributed by atoms with Crippen LogP contribution in [-0.2, 0) is 0 Å². The molecule has 0 radical (unpaired) electrons. The van der Waals surface area contributed by atoms with Crippen LogP contribution >= 0.6 is 11.6 Å². The van der Waals surface area contributed by atoms with Crippen molar-refractivity contribution in [2.45, 2.75) is 0 Å². The summed E-state index contributed by atoms with van der Waals surface area (Å²) in [5.74, 6) is 0.436. The molecule has 1 aromatic heterocycles. The maximum Gasteiger partial charge on any atom is 0.195 e. The second-order valence-corrected chi connectivity index (χ2v) is 5.11. The minimum Gasteiger partial charge on any atom is -0.495 e. The number of fused-ring (bicyclic) bond motifs is 1. The highest BCUT2D eigenvalue weighted by molar-refractivity contribution is 6.31. The molecule has 0 bridgehead atoms. The lowest BCUT2D eigenvalue weighted by molar-refractivity contribution is 0.104. The van der Waals surface area contributed by atoms with E-state index in [0.29, 0.717) is 27.6 Å². The summed E-state index contributed by atoms with van der Waals surface area (Å²) < 4.78 is 5.10. The number of anilines is 1. The first kappa shape index (κ1) is 13.5. The molecule has 0 amide bonds. The van der Waals surface area contributed by atoms with E-state index in [1.54, 1.807) is 36.5 Å². The van der Waals surface area contributed by atoms with E-state index >= 15 is 0 Å². The molecule has 106 valence electrons. The highest BCUT2D eigenvalue weighted by Gasteiger charge is 2.15. The molecule has 0 aliphatic rings. The Balaban J connectivity index is 2.08. The van der Waals surface area contributed by atoms with Crippen LogP contribution in [0.15, 0.2) is 42.6 Å². The van der Waals surface area contributed by atoms with Crippen molar-refractivity contribution < 1.29 is 9.53 Å². The predicted octanol–water partition coefficient (Wildman–Crippen LogP) is 3.64. The normalized spacial score (nSPS) is 10.8. The van der Waals surface area contributed by atoms with Crippen LogP contribution in [0.2, 0.25) is 5.02 Å². The van der Waals surface area contributed by atoms with Crippen LogP contribution in [0, 0.1) is 0 Å². The first-order chi connectivity index (χ1) is 10.1. The smallest absolute Gasteiger partial charge is 0.195 e. The Morgan fingerprint density at radius 2 is 2.05 bits per heavy atom. The largest absolute Gasteiger partial charge is 0.495 e. The molecule has 0 saturated carbocycles. The Labute approximate surface area is 126 Å². The lowest BCUT2D eigenvalue weighted by atomic mass is 10.0. The van der Waals surface area contributed by atoms with E-state index in [2.05, 4.69) is 4.98 Å². The lowest BCUT2D eigenvalue weighted by Crippen LogP contribution is -2.02. The van der Waals surface area contributed by atoms with E-state index in [4.69, 9.17) is 22.1 Å². The Hall–Kier alpha value is -2.46. The molecular formula is C16H13ClN2O2. The molecule has 0 aliphatic carbocycles. The molecule has 0 fully saturated rings. The molecule has 0 atom stereocenters. The van der Waals surface area contributed by atoms with Crippen LogP contribution in [-0.4, -0.2) is 17.9 Å². The maximum atomic E-state index is 12.6. The number of hydrogen-bond acceptors (Lipinski definition) is 3. The van der Waals surface area contributed by atoms with Crippen molar-refractivity contribution in [1.82, 2.24) is 4.98 Å². The van der Waals surface area contributed by atoms with Crippen molar-refractivity contribution >= 4 is 34.0 Å². The highest BCUT2D eigenvalue weighted by Crippen LogP contribution is 2.27. The van der Waals surface area contributed by atoms with Gasteiger partial charge in [-0.1, -0.05) is 11.6 Å². The molecule has 0 unspecified atom stereocenters. The molecule has 3 rings (SSSR count). The highest BCUT2D eigenvalue weighted by atomic mass is 35.5. The van der Waals surface area contributed by atoms with Crippen molar-refractivity contribution in [3.05, 3.63) is 58.7 Å². The van der Waals surface area contributed by atoms with Crippen molar-refractivity contribution in [3.63, 3.8) is 0 Å². The van der Waals surface area contributed by atoms with Crippen molar-refractivity contribution in [3.8, 4) is 5.75 Å². The standard InChI is InChI=1S/C16H13ClN2O2/c1-21-15-5-2-9(6-13(15)18)16(20)12-8-19-14-4-3-10(17)7-11(12)14/h2-8,19H,18H2,1H3. The average Bonchev–Trinajstić information content (AvgIpc) is 2.89. The fourth-order valence-electron chi connectivity index (χ4n) is 2.31. The molecule has 21 heavy (non-hydrogen) atoms. The van der Waals surface area contributed by atoms with E-state index in [-0.39, 0.29) is 5.78 Å². The van der Waals surface area contributed by atoms with Crippen molar-refractivity contribution in [2.75, 3.05) is 12.8 Å². The first-order valence-corrected chi connectivity index (χ1v) is 6.73. The number of benzene rings is 2. The Morgan fingerprint density at radius 3 is 2.76 bits per heavy atom. The summed E-state index contributed by atoms with van der Waals surface area (Å²) in [5.41, 5.74) is 8.23. The van der Waals surface area contributed by atoms with Crippen LogP contribution in [0.5, 0.6) is 5.75 Å². The molecule has 3 N–H and O–H groups in total. The van der Waals surface area contributed by atoms with Gasteiger partial charge in [-0.25, -0.2) is 0 Å². The Morgan fingerprint density at radius 1 is 1.24 bits per heavy atom. The van der Waals surface area contributed by atoms with Crippen LogP contribution in [0.4, 0.5) is 5.69 Å². The Kier molecular flexibility index (Phi) is 3.31. The number of ether oxygens (including phenoxy) is 1. The van der Waals surface area contributed by atoms with Gasteiger partial charge in [0.05, 0.1) is 12.8 Å². The van der Waals surface area contributed by atoms with Crippen LogP contribution in [0.25, 0.3) is 10.9 Å². The summed E-state index contributed by atoms with van der Waals surface area (Å²) >= 11 is 6.00. The average molecular weight is 301 g/mol. The van der Waals surface area contributed by atoms with Gasteiger partial charge in [0.15, 0.2) is 5.78 Å². The molecule has 2 aromatic carbocycles. The fraction of sp³-hybridized carbons (Fsp3) is 0.0625. The summed E-state index contributed by atoms with van der Waals surface area (Å²) in [7, 11) is 1.54. The SMILES string of the molecule is COc1ccc(C(=O)c2c[nH]c3ccc(Cl)cc23)cc1N. The summed E-state index contributed by atoms with van der Waals surface area (Å²) in [4.78, 5) is 15.7. The second-order valence-electron chi connectivity index (χ2n) is 4.68. The second kappa shape index (κ2) is 5.14. The minimum absolute atomic E-state index is 0.113. The summed E-state index contributed by atoms with van der Waals surface area (Å²) in [6, 6.07) is 10.4. The zero-order valence-electron chi connectivity index (χ0n) is 11.3. The minimum atomic E-state index is -0.113. The lowest BCUT2D eigenvalue weighted by Gasteiger charge is -2.06. The van der Waals surface area contributed by atoms with E-state index < -0.39 is 0 Å². The predicted molar refractivity (Wildman–Crippen MR) is 84.1 cm³/mol. The molecule has 3 aromatic rings. The van der Waals surface area contributed by atoms with Gasteiger partial charge in [-0.05, 0) is 36.4 Å². The zero-order chi connectivity index (χ0) is 15.0. The fourth-order valence-corrected chi connectivity index (χ4v) is 2.48. The number of nitrogens with two attached hydrogens (primary N) is 1. The first-order valence-electron chi connectivity index (χ1n) is 6.35. The quantitative estimate of drug-likeness (QED) is 0.573. The third-order valence-electron chi connectivity index (χ3n) is 3.38. The van der Waals surface area contributed by atoms with Gasteiger partial charge in [0.1, 0.15) is 5.75 Å². The van der Waals surface area contributed by atoms with Crippen molar-refractivity contribution in [1.29, 1.82) is 0 Å². The third kappa shape index (κ3) is 2.34. The van der Waals surface area contributed by atoms with E-state index in [1.807, 2.05) is 6.07 Å². The van der Waals surface area contributed by atoms with Crippen molar-refractivity contribution in [2.24, 2.45) is 0 Å². The number of aromatic nitrogens is 1. The molecule has 0 aliphatic heterocycles. The monoisotopic (exact) mass is 300 g/mol. The van der Waals surface area contributed by atoms with Gasteiger partial charge in [0.25, 0.3) is 0 Å². The van der Waals surface area contributed by atoms with Gasteiger partial charge in [0.2, 0.25) is 0 Å². The summed E-state index contributed by atoms with van der Waals surface area (Å²) in [6.07, 6.45) is 1.68.